The second kappa shape index (κ2) is 6.06. The third-order valence-corrected chi connectivity index (χ3v) is 4.46. The zero-order valence-corrected chi connectivity index (χ0v) is 12.2. The van der Waals surface area contributed by atoms with E-state index in [-0.39, 0.29) is 0 Å². The topological polar surface area (TPSA) is 64.3 Å². The Balaban J connectivity index is 1.76. The van der Waals surface area contributed by atoms with Crippen LogP contribution < -0.4 is 10.6 Å². The SMILES string of the molecule is Cc1nc(C2CCOC2)cc(N2CCC(CN)CC2)n1. The molecule has 0 radical (unpaired) electrons. The van der Waals surface area contributed by atoms with Gasteiger partial charge in [-0.25, -0.2) is 9.97 Å². The summed E-state index contributed by atoms with van der Waals surface area (Å²) in [5.41, 5.74) is 6.90. The molecule has 0 spiro atoms. The Labute approximate surface area is 120 Å². The van der Waals surface area contributed by atoms with E-state index in [9.17, 15) is 0 Å². The minimum atomic E-state index is 0.442. The highest BCUT2D eigenvalue weighted by atomic mass is 16.5. The number of rotatable bonds is 3. The van der Waals surface area contributed by atoms with Crippen molar-refractivity contribution in [3.8, 4) is 0 Å². The van der Waals surface area contributed by atoms with E-state index in [4.69, 9.17) is 10.5 Å². The molecule has 2 saturated heterocycles. The molecule has 1 unspecified atom stereocenters. The molecule has 2 fully saturated rings. The highest BCUT2D eigenvalue weighted by Gasteiger charge is 2.23. The first-order chi connectivity index (χ1) is 9.76. The van der Waals surface area contributed by atoms with Gasteiger partial charge in [-0.15, -0.1) is 0 Å². The monoisotopic (exact) mass is 276 g/mol. The summed E-state index contributed by atoms with van der Waals surface area (Å²) in [6.07, 6.45) is 3.41. The van der Waals surface area contributed by atoms with Gasteiger partial charge in [0.2, 0.25) is 0 Å². The van der Waals surface area contributed by atoms with Crippen LogP contribution >= 0.6 is 0 Å². The molecular formula is C15H24N4O. The maximum atomic E-state index is 5.76. The predicted molar refractivity (Wildman–Crippen MR) is 78.9 cm³/mol. The zero-order valence-electron chi connectivity index (χ0n) is 12.2. The molecule has 5 nitrogen and oxygen atoms in total. The fraction of sp³-hybridized carbons (Fsp3) is 0.733. The molecule has 5 heteroatoms. The van der Waals surface area contributed by atoms with Crippen LogP contribution in [0.3, 0.4) is 0 Å². The van der Waals surface area contributed by atoms with Crippen LogP contribution in [0.25, 0.3) is 0 Å². The maximum absolute atomic E-state index is 5.76. The van der Waals surface area contributed by atoms with Crippen LogP contribution in [-0.4, -0.2) is 42.8 Å². The quantitative estimate of drug-likeness (QED) is 0.905. The summed E-state index contributed by atoms with van der Waals surface area (Å²) in [5, 5.41) is 0. The van der Waals surface area contributed by atoms with Gasteiger partial charge in [0.25, 0.3) is 0 Å². The van der Waals surface area contributed by atoms with E-state index in [1.807, 2.05) is 6.92 Å². The molecule has 1 aromatic heterocycles. The number of hydrogen-bond donors (Lipinski definition) is 1. The fourth-order valence-corrected chi connectivity index (χ4v) is 3.11. The smallest absolute Gasteiger partial charge is 0.132 e. The van der Waals surface area contributed by atoms with Crippen LogP contribution in [0.4, 0.5) is 5.82 Å². The first-order valence-electron chi connectivity index (χ1n) is 7.64. The van der Waals surface area contributed by atoms with Gasteiger partial charge in [-0.1, -0.05) is 0 Å². The lowest BCUT2D eigenvalue weighted by Gasteiger charge is -2.32. The number of piperidine rings is 1. The van der Waals surface area contributed by atoms with E-state index in [0.29, 0.717) is 11.8 Å². The van der Waals surface area contributed by atoms with Gasteiger partial charge in [0.05, 0.1) is 12.3 Å². The summed E-state index contributed by atoms with van der Waals surface area (Å²) in [7, 11) is 0. The molecule has 3 heterocycles. The summed E-state index contributed by atoms with van der Waals surface area (Å²) >= 11 is 0. The second-order valence-corrected chi connectivity index (χ2v) is 5.92. The van der Waals surface area contributed by atoms with Crippen molar-refractivity contribution >= 4 is 5.82 Å². The largest absolute Gasteiger partial charge is 0.381 e. The van der Waals surface area contributed by atoms with Crippen LogP contribution in [0.15, 0.2) is 6.07 Å². The molecule has 0 aliphatic carbocycles. The minimum absolute atomic E-state index is 0.442. The number of anilines is 1. The lowest BCUT2D eigenvalue weighted by atomic mass is 9.97. The fourth-order valence-electron chi connectivity index (χ4n) is 3.11. The highest BCUT2D eigenvalue weighted by molar-refractivity contribution is 5.41. The van der Waals surface area contributed by atoms with E-state index in [2.05, 4.69) is 20.9 Å². The number of nitrogens with zero attached hydrogens (tertiary/aromatic N) is 3. The van der Waals surface area contributed by atoms with Gasteiger partial charge in [0.15, 0.2) is 0 Å². The first kappa shape index (κ1) is 13.8. The Morgan fingerprint density at radius 3 is 2.75 bits per heavy atom. The molecule has 1 atom stereocenters. The Kier molecular flexibility index (Phi) is 4.17. The van der Waals surface area contributed by atoms with Gasteiger partial charge in [-0.2, -0.15) is 0 Å². The van der Waals surface area contributed by atoms with Gasteiger partial charge in [0.1, 0.15) is 11.6 Å². The molecule has 0 aromatic carbocycles. The molecule has 2 aliphatic heterocycles. The number of nitrogens with two attached hydrogens (primary N) is 1. The Hall–Kier alpha value is -1.20. The van der Waals surface area contributed by atoms with E-state index in [1.165, 1.54) is 12.8 Å². The molecular weight excluding hydrogens is 252 g/mol. The molecule has 0 saturated carbocycles. The van der Waals surface area contributed by atoms with Crippen molar-refractivity contribution in [3.63, 3.8) is 0 Å². The van der Waals surface area contributed by atoms with E-state index in [1.54, 1.807) is 0 Å². The van der Waals surface area contributed by atoms with E-state index >= 15 is 0 Å². The number of ether oxygens (including phenoxy) is 1. The van der Waals surface area contributed by atoms with Crippen molar-refractivity contribution in [1.82, 2.24) is 9.97 Å². The molecule has 2 N–H and O–H groups in total. The van der Waals surface area contributed by atoms with Crippen molar-refractivity contribution in [2.75, 3.05) is 37.7 Å². The molecule has 1 aromatic rings. The summed E-state index contributed by atoms with van der Waals surface area (Å²) < 4.78 is 5.48. The summed E-state index contributed by atoms with van der Waals surface area (Å²) in [4.78, 5) is 11.6. The summed E-state index contributed by atoms with van der Waals surface area (Å²) in [6, 6.07) is 2.16. The van der Waals surface area contributed by atoms with E-state index in [0.717, 1.165) is 56.6 Å². The molecule has 0 amide bonds. The number of aryl methyl sites for hydroxylation is 1. The standard InChI is InChI=1S/C15H24N4O/c1-11-17-14(13-4-7-20-10-13)8-15(18-11)19-5-2-12(9-16)3-6-19/h8,12-13H,2-7,9-10,16H2,1H3. The Morgan fingerprint density at radius 2 is 2.10 bits per heavy atom. The minimum Gasteiger partial charge on any atom is -0.381 e. The predicted octanol–water partition coefficient (Wildman–Crippen LogP) is 1.46. The average Bonchev–Trinajstić information content (AvgIpc) is 3.01. The van der Waals surface area contributed by atoms with Crippen molar-refractivity contribution in [2.24, 2.45) is 11.7 Å². The third-order valence-electron chi connectivity index (χ3n) is 4.46. The Bertz CT molecular complexity index is 451. The van der Waals surface area contributed by atoms with Gasteiger partial charge in [-0.05, 0) is 38.6 Å². The van der Waals surface area contributed by atoms with Gasteiger partial charge >= 0.3 is 0 Å². The second-order valence-electron chi connectivity index (χ2n) is 5.92. The van der Waals surface area contributed by atoms with E-state index < -0.39 is 0 Å². The molecule has 110 valence electrons. The normalized spacial score (nSPS) is 24.3. The summed E-state index contributed by atoms with van der Waals surface area (Å²) in [5.74, 6) is 3.06. The molecule has 0 bridgehead atoms. The molecule has 2 aliphatic rings. The lowest BCUT2D eigenvalue weighted by Crippen LogP contribution is -2.36. The highest BCUT2D eigenvalue weighted by Crippen LogP contribution is 2.27. The van der Waals surface area contributed by atoms with Crippen molar-refractivity contribution in [1.29, 1.82) is 0 Å². The Morgan fingerprint density at radius 1 is 1.30 bits per heavy atom. The molecule has 20 heavy (non-hydrogen) atoms. The lowest BCUT2D eigenvalue weighted by molar-refractivity contribution is 0.193. The van der Waals surface area contributed by atoms with Crippen molar-refractivity contribution in [2.45, 2.75) is 32.1 Å². The van der Waals surface area contributed by atoms with Crippen LogP contribution in [0.1, 0.15) is 36.7 Å². The van der Waals surface area contributed by atoms with Crippen LogP contribution in [0, 0.1) is 12.8 Å². The maximum Gasteiger partial charge on any atom is 0.132 e. The zero-order chi connectivity index (χ0) is 13.9. The summed E-state index contributed by atoms with van der Waals surface area (Å²) in [6.45, 7) is 6.55. The van der Waals surface area contributed by atoms with Crippen LogP contribution in [-0.2, 0) is 4.74 Å². The number of aromatic nitrogens is 2. The molecule has 3 rings (SSSR count). The number of hydrogen-bond acceptors (Lipinski definition) is 5. The average molecular weight is 276 g/mol. The van der Waals surface area contributed by atoms with Crippen molar-refractivity contribution in [3.05, 3.63) is 17.6 Å². The third kappa shape index (κ3) is 2.94. The van der Waals surface area contributed by atoms with Crippen molar-refractivity contribution < 1.29 is 4.74 Å². The van der Waals surface area contributed by atoms with Crippen LogP contribution in [0.5, 0.6) is 0 Å². The van der Waals surface area contributed by atoms with Gasteiger partial charge in [0, 0.05) is 31.7 Å². The van der Waals surface area contributed by atoms with Gasteiger partial charge < -0.3 is 15.4 Å². The van der Waals surface area contributed by atoms with Crippen LogP contribution in [0.2, 0.25) is 0 Å². The van der Waals surface area contributed by atoms with Gasteiger partial charge in [-0.3, -0.25) is 0 Å². The first-order valence-corrected chi connectivity index (χ1v) is 7.64.